The first-order valence-corrected chi connectivity index (χ1v) is 18.7. The van der Waals surface area contributed by atoms with Crippen molar-refractivity contribution in [3.05, 3.63) is 47.7 Å². The van der Waals surface area contributed by atoms with E-state index in [4.69, 9.17) is 18.3 Å². The molecule has 1 aromatic carbocycles. The monoisotopic (exact) mass is 506 g/mol. The molecular weight excluding hydrogens is 456 g/mol. The Balaban J connectivity index is 2.10. The zero-order valence-corrected chi connectivity index (χ0v) is 25.3. The Hall–Kier alpha value is -0.926. The van der Waals surface area contributed by atoms with Gasteiger partial charge in [0.25, 0.3) is 0 Å². The van der Waals surface area contributed by atoms with Crippen molar-refractivity contribution >= 4 is 16.6 Å². The van der Waals surface area contributed by atoms with Crippen LogP contribution in [-0.2, 0) is 24.9 Å². The van der Waals surface area contributed by atoms with E-state index in [1.54, 1.807) is 0 Å². The highest BCUT2D eigenvalue weighted by atomic mass is 28.4. The van der Waals surface area contributed by atoms with Crippen LogP contribution in [0.25, 0.3) is 0 Å². The van der Waals surface area contributed by atoms with Crippen LogP contribution >= 0.6 is 0 Å². The van der Waals surface area contributed by atoms with E-state index in [-0.39, 0.29) is 23.2 Å². The fourth-order valence-electron chi connectivity index (χ4n) is 4.09. The average Bonchev–Trinajstić information content (AvgIpc) is 2.80. The van der Waals surface area contributed by atoms with Crippen molar-refractivity contribution in [2.45, 2.75) is 110 Å². The fraction of sp³-hybridized carbons (Fsp3) is 0.714. The minimum Gasteiger partial charge on any atom is -0.546 e. The van der Waals surface area contributed by atoms with Crippen LogP contribution in [0.4, 0.5) is 0 Å². The number of ether oxygens (including phenoxy) is 2. The second kappa shape index (κ2) is 12.9. The molecule has 0 amide bonds. The Morgan fingerprint density at radius 1 is 0.971 bits per heavy atom. The summed E-state index contributed by atoms with van der Waals surface area (Å²) in [6.45, 7) is 22.4. The van der Waals surface area contributed by atoms with Gasteiger partial charge >= 0.3 is 0 Å². The molecule has 1 aromatic rings. The van der Waals surface area contributed by atoms with Crippen molar-refractivity contribution in [1.82, 2.24) is 0 Å². The molecule has 0 N–H and O–H groups in total. The van der Waals surface area contributed by atoms with E-state index in [0.717, 1.165) is 36.9 Å². The maximum atomic E-state index is 6.90. The van der Waals surface area contributed by atoms with Gasteiger partial charge in [0.2, 0.25) is 8.32 Å². The predicted molar refractivity (Wildman–Crippen MR) is 148 cm³/mol. The van der Waals surface area contributed by atoms with Gasteiger partial charge in [0.05, 0.1) is 31.2 Å². The Labute approximate surface area is 211 Å². The quantitative estimate of drug-likeness (QED) is 0.255. The van der Waals surface area contributed by atoms with Gasteiger partial charge in [-0.3, -0.25) is 0 Å². The standard InChI is InChI=1S/C28H50O4Si2/c1-10-34(11-2,12-3)32-26-20-25(18-19-30-33(8,9)28(5,6)7)31-27(23(26)4)22-29-21-24-16-14-13-15-17-24/h13-17,20,23,25,27H,10-12,18-19,21-22H2,1-9H3. The summed E-state index contributed by atoms with van der Waals surface area (Å²) in [5.74, 6) is 1.30. The van der Waals surface area contributed by atoms with E-state index in [9.17, 15) is 0 Å². The van der Waals surface area contributed by atoms with Crippen LogP contribution in [0.2, 0.25) is 36.3 Å². The molecule has 2 rings (SSSR count). The highest BCUT2D eigenvalue weighted by Crippen LogP contribution is 2.37. The fourth-order valence-corrected chi connectivity index (χ4v) is 7.84. The molecule has 1 heterocycles. The van der Waals surface area contributed by atoms with Gasteiger partial charge in [-0.2, -0.15) is 0 Å². The van der Waals surface area contributed by atoms with Crippen molar-refractivity contribution in [2.75, 3.05) is 13.2 Å². The van der Waals surface area contributed by atoms with Gasteiger partial charge in [0.15, 0.2) is 8.32 Å². The lowest BCUT2D eigenvalue weighted by Gasteiger charge is -2.40. The molecule has 1 aliphatic rings. The first kappa shape index (κ1) is 29.3. The van der Waals surface area contributed by atoms with Gasteiger partial charge in [-0.15, -0.1) is 0 Å². The minimum atomic E-state index is -1.78. The highest BCUT2D eigenvalue weighted by molar-refractivity contribution is 6.74. The molecule has 0 spiro atoms. The summed E-state index contributed by atoms with van der Waals surface area (Å²) in [6, 6.07) is 13.8. The van der Waals surface area contributed by atoms with E-state index >= 15 is 0 Å². The van der Waals surface area contributed by atoms with Gasteiger partial charge in [-0.1, -0.05) is 78.8 Å². The van der Waals surface area contributed by atoms with Gasteiger partial charge in [-0.05, 0) is 54.3 Å². The van der Waals surface area contributed by atoms with Gasteiger partial charge in [-0.25, -0.2) is 0 Å². The third-order valence-corrected chi connectivity index (χ3v) is 17.1. The van der Waals surface area contributed by atoms with Crippen LogP contribution in [-0.4, -0.2) is 42.1 Å². The van der Waals surface area contributed by atoms with Crippen LogP contribution in [0.3, 0.4) is 0 Å². The molecule has 194 valence electrons. The Morgan fingerprint density at radius 2 is 1.59 bits per heavy atom. The molecule has 0 aromatic heterocycles. The summed E-state index contributed by atoms with van der Waals surface area (Å²) >= 11 is 0. The molecule has 0 bridgehead atoms. The van der Waals surface area contributed by atoms with E-state index < -0.39 is 16.6 Å². The van der Waals surface area contributed by atoms with Crippen molar-refractivity contribution in [2.24, 2.45) is 5.92 Å². The lowest BCUT2D eigenvalue weighted by atomic mass is 9.97. The van der Waals surface area contributed by atoms with Crippen molar-refractivity contribution < 1.29 is 18.3 Å². The molecule has 0 saturated heterocycles. The molecule has 3 atom stereocenters. The molecule has 0 saturated carbocycles. The Morgan fingerprint density at radius 3 is 2.15 bits per heavy atom. The molecule has 6 heteroatoms. The maximum absolute atomic E-state index is 6.90. The zero-order valence-electron chi connectivity index (χ0n) is 23.3. The van der Waals surface area contributed by atoms with Crippen LogP contribution in [0, 0.1) is 5.92 Å². The summed E-state index contributed by atoms with van der Waals surface area (Å²) < 4.78 is 26.0. The molecule has 34 heavy (non-hydrogen) atoms. The summed E-state index contributed by atoms with van der Waals surface area (Å²) in [7, 11) is -3.54. The molecule has 3 unspecified atom stereocenters. The van der Waals surface area contributed by atoms with E-state index in [1.165, 1.54) is 5.56 Å². The smallest absolute Gasteiger partial charge is 0.250 e. The largest absolute Gasteiger partial charge is 0.546 e. The van der Waals surface area contributed by atoms with Crippen molar-refractivity contribution in [1.29, 1.82) is 0 Å². The van der Waals surface area contributed by atoms with Crippen molar-refractivity contribution in [3.8, 4) is 0 Å². The zero-order chi connectivity index (χ0) is 25.4. The second-order valence-corrected chi connectivity index (χ2v) is 20.8. The number of hydrogen-bond donors (Lipinski definition) is 0. The predicted octanol–water partition coefficient (Wildman–Crippen LogP) is 7.92. The number of rotatable bonds is 13. The van der Waals surface area contributed by atoms with Crippen LogP contribution in [0.5, 0.6) is 0 Å². The molecule has 0 fully saturated rings. The third-order valence-electron chi connectivity index (χ3n) is 8.04. The topological polar surface area (TPSA) is 36.9 Å². The van der Waals surface area contributed by atoms with E-state index in [2.05, 4.69) is 91.9 Å². The molecule has 0 radical (unpaired) electrons. The molecule has 0 aliphatic carbocycles. The molecule has 4 nitrogen and oxygen atoms in total. The first-order chi connectivity index (χ1) is 16.0. The maximum Gasteiger partial charge on any atom is 0.250 e. The van der Waals surface area contributed by atoms with Crippen LogP contribution < -0.4 is 0 Å². The normalized spacial score (nSPS) is 21.9. The van der Waals surface area contributed by atoms with E-state index in [0.29, 0.717) is 13.2 Å². The second-order valence-electron chi connectivity index (χ2n) is 11.3. The molecule has 1 aliphatic heterocycles. The van der Waals surface area contributed by atoms with Crippen LogP contribution in [0.15, 0.2) is 42.2 Å². The first-order valence-electron chi connectivity index (χ1n) is 13.3. The lowest BCUT2D eigenvalue weighted by Crippen LogP contribution is -2.44. The summed E-state index contributed by atoms with van der Waals surface area (Å²) in [5, 5.41) is 0.210. The number of hydrogen-bond acceptors (Lipinski definition) is 4. The van der Waals surface area contributed by atoms with E-state index in [1.807, 2.05) is 6.07 Å². The summed E-state index contributed by atoms with van der Waals surface area (Å²) in [6.07, 6.45) is 3.08. The summed E-state index contributed by atoms with van der Waals surface area (Å²) in [5.41, 5.74) is 1.19. The van der Waals surface area contributed by atoms with Crippen LogP contribution in [0.1, 0.15) is 60.5 Å². The Bertz CT molecular complexity index is 745. The average molecular weight is 507 g/mol. The van der Waals surface area contributed by atoms with Gasteiger partial charge < -0.3 is 18.3 Å². The SMILES string of the molecule is CC[Si](CC)(CC)OC1=CC(CCO[Si](C)(C)C(C)(C)C)OC(COCc2ccccc2)C1C. The third kappa shape index (κ3) is 8.05. The molecular formula is C28H50O4Si2. The van der Waals surface area contributed by atoms with Gasteiger partial charge in [0, 0.05) is 12.5 Å². The van der Waals surface area contributed by atoms with Crippen molar-refractivity contribution in [3.63, 3.8) is 0 Å². The highest BCUT2D eigenvalue weighted by Gasteiger charge is 2.39. The Kier molecular flexibility index (Phi) is 11.1. The lowest BCUT2D eigenvalue weighted by molar-refractivity contribution is -0.0840. The minimum absolute atomic E-state index is 0.00133. The van der Waals surface area contributed by atoms with Gasteiger partial charge in [0.1, 0.15) is 0 Å². The summed E-state index contributed by atoms with van der Waals surface area (Å²) in [4.78, 5) is 0. The number of benzene rings is 1.